The van der Waals surface area contributed by atoms with E-state index in [0.29, 0.717) is 37.9 Å². The Morgan fingerprint density at radius 2 is 1.89 bits per heavy atom. The average molecular weight is 504 g/mol. The predicted molar refractivity (Wildman–Crippen MR) is 144 cm³/mol. The number of unbranched alkanes of at least 4 members (excludes halogenated alkanes) is 1. The van der Waals surface area contributed by atoms with Crippen molar-refractivity contribution in [1.82, 2.24) is 4.90 Å². The summed E-state index contributed by atoms with van der Waals surface area (Å²) in [6.45, 7) is 5.50. The highest BCUT2D eigenvalue weighted by Gasteiger charge is 2.67. The number of fused-ring (bicyclic) bond motifs is 1. The van der Waals surface area contributed by atoms with Crippen LogP contribution in [0.5, 0.6) is 11.5 Å². The molecule has 0 unspecified atom stereocenters. The van der Waals surface area contributed by atoms with E-state index in [-0.39, 0.29) is 11.0 Å². The second-order valence-corrected chi connectivity index (χ2v) is 11.7. The first-order valence-electron chi connectivity index (χ1n) is 14.4. The fraction of sp³-hybridized carbons (Fsp3) is 0.594. The highest BCUT2D eigenvalue weighted by atomic mass is 16.5. The maximum atomic E-state index is 13.2. The minimum Gasteiger partial charge on any atom is -0.489 e. The Labute approximate surface area is 221 Å². The normalized spacial score (nSPS) is 28.9. The van der Waals surface area contributed by atoms with E-state index >= 15 is 0 Å². The zero-order valence-corrected chi connectivity index (χ0v) is 22.5. The van der Waals surface area contributed by atoms with Gasteiger partial charge in [0.2, 0.25) is 0 Å². The molecule has 0 amide bonds. The van der Waals surface area contributed by atoms with E-state index in [0.717, 1.165) is 68.2 Å². The second kappa shape index (κ2) is 10.1. The number of ketones is 1. The number of Topliss-reactive ketones (excluding diaryl/α,β-unsaturated/α-hetero) is 1. The average Bonchev–Trinajstić information content (AvgIpc) is 3.74. The molecule has 2 bridgehead atoms. The van der Waals surface area contributed by atoms with Crippen molar-refractivity contribution in [2.75, 3.05) is 26.8 Å². The van der Waals surface area contributed by atoms with E-state index < -0.39 is 0 Å². The number of likely N-dealkylation sites (tertiary alicyclic amines) is 1. The zero-order valence-electron chi connectivity index (χ0n) is 22.5. The molecule has 3 atom stereocenters. The third-order valence-electron chi connectivity index (χ3n) is 9.52. The summed E-state index contributed by atoms with van der Waals surface area (Å²) < 4.78 is 19.7. The van der Waals surface area contributed by atoms with Crippen LogP contribution >= 0.6 is 0 Å². The molecule has 2 aromatic carbocycles. The first kappa shape index (κ1) is 24.9. The van der Waals surface area contributed by atoms with Crippen molar-refractivity contribution in [3.05, 3.63) is 59.2 Å². The molecule has 198 valence electrons. The fourth-order valence-corrected chi connectivity index (χ4v) is 7.53. The van der Waals surface area contributed by atoms with Gasteiger partial charge in [-0.2, -0.15) is 0 Å². The van der Waals surface area contributed by atoms with Crippen molar-refractivity contribution in [3.63, 3.8) is 0 Å². The summed E-state index contributed by atoms with van der Waals surface area (Å²) in [5, 5.41) is 0. The number of benzene rings is 2. The molecule has 5 nitrogen and oxygen atoms in total. The van der Waals surface area contributed by atoms with Crippen LogP contribution in [0.4, 0.5) is 0 Å². The van der Waals surface area contributed by atoms with E-state index in [9.17, 15) is 4.79 Å². The van der Waals surface area contributed by atoms with Gasteiger partial charge in [0.15, 0.2) is 11.5 Å². The number of piperidine rings is 1. The molecule has 2 saturated carbocycles. The van der Waals surface area contributed by atoms with Gasteiger partial charge in [0, 0.05) is 43.5 Å². The molecule has 0 radical (unpaired) electrons. The van der Waals surface area contributed by atoms with Crippen LogP contribution in [-0.2, 0) is 28.0 Å². The summed E-state index contributed by atoms with van der Waals surface area (Å²) in [5.74, 6) is 2.82. The van der Waals surface area contributed by atoms with Gasteiger partial charge in [0.1, 0.15) is 12.4 Å². The van der Waals surface area contributed by atoms with Crippen molar-refractivity contribution in [3.8, 4) is 11.5 Å². The number of nitrogens with zero attached hydrogens (tertiary/aromatic N) is 1. The summed E-state index contributed by atoms with van der Waals surface area (Å²) in [6, 6.07) is 14.9. The highest BCUT2D eigenvalue weighted by molar-refractivity contribution is 5.83. The van der Waals surface area contributed by atoms with Crippen LogP contribution in [0.1, 0.15) is 75.0 Å². The van der Waals surface area contributed by atoms with Gasteiger partial charge in [-0.3, -0.25) is 9.69 Å². The van der Waals surface area contributed by atoms with Gasteiger partial charge in [0.05, 0.1) is 12.2 Å². The van der Waals surface area contributed by atoms with Gasteiger partial charge in [-0.25, -0.2) is 0 Å². The van der Waals surface area contributed by atoms with Gasteiger partial charge >= 0.3 is 0 Å². The van der Waals surface area contributed by atoms with Crippen molar-refractivity contribution >= 4 is 5.78 Å². The Kier molecular flexibility index (Phi) is 6.79. The van der Waals surface area contributed by atoms with Crippen LogP contribution in [0.15, 0.2) is 42.5 Å². The summed E-state index contributed by atoms with van der Waals surface area (Å²) in [7, 11) is 1.89. The fourth-order valence-electron chi connectivity index (χ4n) is 7.53. The van der Waals surface area contributed by atoms with Gasteiger partial charge in [-0.15, -0.1) is 0 Å². The van der Waals surface area contributed by atoms with Crippen LogP contribution in [0, 0.1) is 5.92 Å². The minimum atomic E-state index is -0.373. The van der Waals surface area contributed by atoms with E-state index in [4.69, 9.17) is 14.2 Å². The van der Waals surface area contributed by atoms with E-state index in [1.807, 2.05) is 25.3 Å². The lowest BCUT2D eigenvalue weighted by Gasteiger charge is -2.65. The van der Waals surface area contributed by atoms with Crippen LogP contribution < -0.4 is 9.47 Å². The van der Waals surface area contributed by atoms with Crippen LogP contribution in [0.3, 0.4) is 0 Å². The number of ether oxygens (including phenoxy) is 3. The van der Waals surface area contributed by atoms with Crippen molar-refractivity contribution in [2.24, 2.45) is 5.92 Å². The molecule has 6 rings (SSSR count). The second-order valence-electron chi connectivity index (χ2n) is 11.7. The van der Waals surface area contributed by atoms with Crippen LogP contribution in [-0.4, -0.2) is 49.1 Å². The Morgan fingerprint density at radius 1 is 1.05 bits per heavy atom. The molecule has 37 heavy (non-hydrogen) atoms. The maximum absolute atomic E-state index is 13.2. The third-order valence-corrected chi connectivity index (χ3v) is 9.52. The molecule has 1 saturated heterocycles. The number of hydrogen-bond acceptors (Lipinski definition) is 5. The first-order chi connectivity index (χ1) is 18.1. The SMILES string of the molecule is CCCCOc1c(OCc2ccccc2)ccc2c1[C@]13CCN(CC4CC4)[C@H](C2)[C@]1(OC)CCC(=O)C3. The first-order valence-corrected chi connectivity index (χ1v) is 14.4. The van der Waals surface area contributed by atoms with E-state index in [2.05, 4.69) is 36.1 Å². The standard InChI is InChI=1S/C32H41NO4/c1-3-4-18-36-30-27(37-22-24-8-6-5-7-9-24)13-12-25-19-28-32(35-2)15-14-26(34)20-31(32,29(25)30)16-17-33(28)21-23-10-11-23/h5-9,12-13,23,28H,3-4,10-11,14-22H2,1-2H3/t28-,31-,32-/m1/s1. The van der Waals surface area contributed by atoms with E-state index in [1.165, 1.54) is 24.0 Å². The lowest BCUT2D eigenvalue weighted by molar-refractivity contribution is -0.188. The molecule has 0 spiro atoms. The van der Waals surface area contributed by atoms with Gasteiger partial charge < -0.3 is 14.2 Å². The quantitative estimate of drug-likeness (QED) is 0.380. The van der Waals surface area contributed by atoms with Gasteiger partial charge in [-0.05, 0) is 68.2 Å². The Hall–Kier alpha value is -2.37. The molecule has 0 N–H and O–H groups in total. The molecule has 3 aliphatic carbocycles. The lowest BCUT2D eigenvalue weighted by atomic mass is 9.49. The molecule has 1 aliphatic heterocycles. The number of carbonyl (C=O) groups is 1. The molecule has 4 aliphatic rings. The number of rotatable bonds is 10. The van der Waals surface area contributed by atoms with Crippen molar-refractivity contribution in [2.45, 2.75) is 88.4 Å². The predicted octanol–water partition coefficient (Wildman–Crippen LogP) is 5.86. The molecule has 0 aromatic heterocycles. The molecule has 3 fully saturated rings. The Balaban J connectivity index is 1.45. The molecule has 2 aromatic rings. The number of carbonyl (C=O) groups excluding carboxylic acids is 1. The molecular formula is C32H41NO4. The number of methoxy groups -OCH3 is 1. The molecule has 5 heteroatoms. The molecular weight excluding hydrogens is 462 g/mol. The zero-order chi connectivity index (χ0) is 25.5. The lowest BCUT2D eigenvalue weighted by Crippen LogP contribution is -2.74. The maximum Gasteiger partial charge on any atom is 0.165 e. The Morgan fingerprint density at radius 3 is 2.65 bits per heavy atom. The smallest absolute Gasteiger partial charge is 0.165 e. The summed E-state index contributed by atoms with van der Waals surface area (Å²) in [4.78, 5) is 15.9. The Bertz CT molecular complexity index is 1130. The van der Waals surface area contributed by atoms with Crippen LogP contribution in [0.2, 0.25) is 0 Å². The topological polar surface area (TPSA) is 48.0 Å². The minimum absolute atomic E-state index is 0.298. The highest BCUT2D eigenvalue weighted by Crippen LogP contribution is 2.62. The third kappa shape index (κ3) is 4.28. The number of hydrogen-bond donors (Lipinski definition) is 0. The van der Waals surface area contributed by atoms with Crippen molar-refractivity contribution in [1.29, 1.82) is 0 Å². The van der Waals surface area contributed by atoms with E-state index in [1.54, 1.807) is 0 Å². The van der Waals surface area contributed by atoms with Gasteiger partial charge in [0.25, 0.3) is 0 Å². The summed E-state index contributed by atoms with van der Waals surface area (Å²) >= 11 is 0. The summed E-state index contributed by atoms with van der Waals surface area (Å²) in [5.41, 5.74) is 2.90. The van der Waals surface area contributed by atoms with Crippen molar-refractivity contribution < 1.29 is 19.0 Å². The molecule has 1 heterocycles. The largest absolute Gasteiger partial charge is 0.489 e. The monoisotopic (exact) mass is 503 g/mol. The summed E-state index contributed by atoms with van der Waals surface area (Å²) in [6.07, 6.45) is 8.55. The van der Waals surface area contributed by atoms with Gasteiger partial charge in [-0.1, -0.05) is 49.7 Å². The van der Waals surface area contributed by atoms with Crippen LogP contribution in [0.25, 0.3) is 0 Å².